The molecule has 134 valence electrons. The SMILES string of the molecule is Cn1ccnc1[C@H]1CN(C(=O)C(C)(C)C)CCN1C(=O)C(C)(C)C. The quantitative estimate of drug-likeness (QED) is 0.791. The van der Waals surface area contributed by atoms with Gasteiger partial charge in [0.05, 0.1) is 0 Å². The Kier molecular flexibility index (Phi) is 4.79. The molecule has 0 radical (unpaired) electrons. The van der Waals surface area contributed by atoms with Gasteiger partial charge in [0, 0.05) is 49.9 Å². The first-order valence-electron chi connectivity index (χ1n) is 8.50. The molecule has 1 aliphatic rings. The summed E-state index contributed by atoms with van der Waals surface area (Å²) in [5.74, 6) is 1.03. The van der Waals surface area contributed by atoms with Crippen LogP contribution in [0.15, 0.2) is 12.4 Å². The van der Waals surface area contributed by atoms with Gasteiger partial charge in [0.2, 0.25) is 11.8 Å². The summed E-state index contributed by atoms with van der Waals surface area (Å²) in [6.45, 7) is 13.2. The highest BCUT2D eigenvalue weighted by Crippen LogP contribution is 2.31. The standard InChI is InChI=1S/C18H30N4O2/c1-17(2,3)15(23)21-10-11-22(16(24)18(4,5)6)13(12-21)14-19-8-9-20(14)7/h8-9,13H,10-12H2,1-7H3/t13-/m1/s1. The molecule has 0 unspecified atom stereocenters. The Morgan fingerprint density at radius 2 is 1.62 bits per heavy atom. The molecule has 2 rings (SSSR count). The van der Waals surface area contributed by atoms with E-state index in [0.29, 0.717) is 19.6 Å². The number of piperazine rings is 1. The smallest absolute Gasteiger partial charge is 0.228 e. The zero-order chi connectivity index (χ0) is 18.3. The van der Waals surface area contributed by atoms with Crippen LogP contribution in [0.5, 0.6) is 0 Å². The van der Waals surface area contributed by atoms with Gasteiger partial charge in [-0.2, -0.15) is 0 Å². The molecule has 0 saturated carbocycles. The molecule has 0 aliphatic carbocycles. The maximum Gasteiger partial charge on any atom is 0.228 e. The molecular formula is C18H30N4O2. The Morgan fingerprint density at radius 3 is 2.08 bits per heavy atom. The van der Waals surface area contributed by atoms with Crippen molar-refractivity contribution in [1.29, 1.82) is 0 Å². The monoisotopic (exact) mass is 334 g/mol. The van der Waals surface area contributed by atoms with Gasteiger partial charge in [-0.1, -0.05) is 41.5 Å². The molecular weight excluding hydrogens is 304 g/mol. The number of hydrogen-bond acceptors (Lipinski definition) is 3. The molecule has 0 aromatic carbocycles. The summed E-state index contributed by atoms with van der Waals surface area (Å²) in [6.07, 6.45) is 3.61. The minimum absolute atomic E-state index is 0.0957. The number of aryl methyl sites for hydroxylation is 1. The van der Waals surface area contributed by atoms with Gasteiger partial charge in [-0.15, -0.1) is 0 Å². The lowest BCUT2D eigenvalue weighted by Crippen LogP contribution is -2.56. The summed E-state index contributed by atoms with van der Waals surface area (Å²) in [5, 5.41) is 0. The first kappa shape index (κ1) is 18.5. The number of aromatic nitrogens is 2. The van der Waals surface area contributed by atoms with Crippen LogP contribution >= 0.6 is 0 Å². The number of carbonyl (C=O) groups excluding carboxylic acids is 2. The van der Waals surface area contributed by atoms with Gasteiger partial charge in [-0.05, 0) is 0 Å². The summed E-state index contributed by atoms with van der Waals surface area (Å²) in [6, 6.07) is -0.211. The van der Waals surface area contributed by atoms with Crippen LogP contribution in [-0.2, 0) is 16.6 Å². The van der Waals surface area contributed by atoms with Crippen molar-refractivity contribution in [2.24, 2.45) is 17.9 Å². The van der Waals surface area contributed by atoms with E-state index in [2.05, 4.69) is 4.98 Å². The number of amides is 2. The predicted molar refractivity (Wildman–Crippen MR) is 93.2 cm³/mol. The van der Waals surface area contributed by atoms with Crippen molar-refractivity contribution in [3.05, 3.63) is 18.2 Å². The normalized spacial score (nSPS) is 19.5. The van der Waals surface area contributed by atoms with Crippen molar-refractivity contribution < 1.29 is 9.59 Å². The number of hydrogen-bond donors (Lipinski definition) is 0. The minimum Gasteiger partial charge on any atom is -0.338 e. The van der Waals surface area contributed by atoms with Crippen molar-refractivity contribution >= 4 is 11.8 Å². The van der Waals surface area contributed by atoms with E-state index in [1.54, 1.807) is 6.20 Å². The van der Waals surface area contributed by atoms with Crippen LogP contribution in [0.4, 0.5) is 0 Å². The van der Waals surface area contributed by atoms with Crippen LogP contribution in [-0.4, -0.2) is 50.8 Å². The molecule has 24 heavy (non-hydrogen) atoms. The third-order valence-electron chi connectivity index (χ3n) is 4.37. The molecule has 1 fully saturated rings. The lowest BCUT2D eigenvalue weighted by Gasteiger charge is -2.44. The Morgan fingerprint density at radius 1 is 1.04 bits per heavy atom. The van der Waals surface area contributed by atoms with Gasteiger partial charge in [0.1, 0.15) is 11.9 Å². The van der Waals surface area contributed by atoms with Crippen LogP contribution in [0, 0.1) is 10.8 Å². The van der Waals surface area contributed by atoms with E-state index >= 15 is 0 Å². The van der Waals surface area contributed by atoms with Gasteiger partial charge in [0.15, 0.2) is 0 Å². The van der Waals surface area contributed by atoms with Crippen LogP contribution < -0.4 is 0 Å². The van der Waals surface area contributed by atoms with E-state index in [-0.39, 0.29) is 17.9 Å². The van der Waals surface area contributed by atoms with E-state index in [1.165, 1.54) is 0 Å². The number of rotatable bonds is 1. The maximum atomic E-state index is 12.9. The second-order valence-corrected chi connectivity index (χ2v) is 8.66. The Balaban J connectivity index is 2.34. The van der Waals surface area contributed by atoms with Gasteiger partial charge in [-0.25, -0.2) is 4.98 Å². The lowest BCUT2D eigenvalue weighted by atomic mass is 9.91. The van der Waals surface area contributed by atoms with Crippen molar-refractivity contribution in [3.8, 4) is 0 Å². The molecule has 2 heterocycles. The fourth-order valence-corrected chi connectivity index (χ4v) is 3.03. The van der Waals surface area contributed by atoms with E-state index in [9.17, 15) is 9.59 Å². The molecule has 1 atom stereocenters. The van der Waals surface area contributed by atoms with Gasteiger partial charge in [-0.3, -0.25) is 9.59 Å². The summed E-state index contributed by atoms with van der Waals surface area (Å²) < 4.78 is 1.93. The molecule has 1 aliphatic heterocycles. The van der Waals surface area contributed by atoms with Crippen molar-refractivity contribution in [2.45, 2.75) is 47.6 Å². The third kappa shape index (κ3) is 3.62. The van der Waals surface area contributed by atoms with Gasteiger partial charge in [0.25, 0.3) is 0 Å². The van der Waals surface area contributed by atoms with E-state index in [0.717, 1.165) is 5.82 Å². The van der Waals surface area contributed by atoms with Gasteiger partial charge >= 0.3 is 0 Å². The van der Waals surface area contributed by atoms with E-state index < -0.39 is 10.8 Å². The summed E-state index contributed by atoms with van der Waals surface area (Å²) in [4.78, 5) is 33.8. The van der Waals surface area contributed by atoms with Crippen molar-refractivity contribution in [3.63, 3.8) is 0 Å². The molecule has 1 aromatic heterocycles. The predicted octanol–water partition coefficient (Wildman–Crippen LogP) is 2.22. The molecule has 2 amide bonds. The number of imidazole rings is 1. The first-order valence-corrected chi connectivity index (χ1v) is 8.50. The number of carbonyl (C=O) groups is 2. The van der Waals surface area contributed by atoms with E-state index in [1.807, 2.05) is 69.2 Å². The molecule has 0 N–H and O–H groups in total. The van der Waals surface area contributed by atoms with E-state index in [4.69, 9.17) is 0 Å². The summed E-state index contributed by atoms with van der Waals surface area (Å²) in [5.41, 5.74) is -0.887. The lowest BCUT2D eigenvalue weighted by molar-refractivity contribution is -0.152. The number of nitrogens with zero attached hydrogens (tertiary/aromatic N) is 4. The Labute approximate surface area is 144 Å². The summed E-state index contributed by atoms with van der Waals surface area (Å²) in [7, 11) is 1.92. The summed E-state index contributed by atoms with van der Waals surface area (Å²) >= 11 is 0. The fourth-order valence-electron chi connectivity index (χ4n) is 3.03. The highest BCUT2D eigenvalue weighted by atomic mass is 16.2. The Bertz CT molecular complexity index is 622. The maximum absolute atomic E-state index is 12.9. The highest BCUT2D eigenvalue weighted by molar-refractivity contribution is 5.84. The third-order valence-corrected chi connectivity index (χ3v) is 4.37. The fraction of sp³-hybridized carbons (Fsp3) is 0.722. The van der Waals surface area contributed by atoms with Crippen LogP contribution in [0.2, 0.25) is 0 Å². The molecule has 1 saturated heterocycles. The zero-order valence-corrected chi connectivity index (χ0v) is 16.0. The zero-order valence-electron chi connectivity index (χ0n) is 16.0. The first-order chi connectivity index (χ1) is 10.9. The van der Waals surface area contributed by atoms with Crippen LogP contribution in [0.1, 0.15) is 53.4 Å². The Hall–Kier alpha value is -1.85. The molecule has 6 heteroatoms. The van der Waals surface area contributed by atoms with Gasteiger partial charge < -0.3 is 14.4 Å². The van der Waals surface area contributed by atoms with Crippen molar-refractivity contribution in [1.82, 2.24) is 19.4 Å². The van der Waals surface area contributed by atoms with Crippen LogP contribution in [0.3, 0.4) is 0 Å². The van der Waals surface area contributed by atoms with Crippen molar-refractivity contribution in [2.75, 3.05) is 19.6 Å². The molecule has 6 nitrogen and oxygen atoms in total. The largest absolute Gasteiger partial charge is 0.338 e. The second-order valence-electron chi connectivity index (χ2n) is 8.66. The average molecular weight is 334 g/mol. The second kappa shape index (κ2) is 6.22. The molecule has 0 bridgehead atoms. The molecule has 1 aromatic rings. The average Bonchev–Trinajstić information content (AvgIpc) is 2.89. The highest BCUT2D eigenvalue weighted by Gasteiger charge is 2.40. The molecule has 0 spiro atoms. The van der Waals surface area contributed by atoms with Crippen LogP contribution in [0.25, 0.3) is 0 Å². The topological polar surface area (TPSA) is 58.4 Å². The minimum atomic E-state index is -0.459.